The molecular weight excluding hydrogens is 270 g/mol. The number of alkyl halides is 1. The first-order valence-electron chi connectivity index (χ1n) is 8.64. The molecule has 0 radical (unpaired) electrons. The summed E-state index contributed by atoms with van der Waals surface area (Å²) in [6, 6.07) is 0. The summed E-state index contributed by atoms with van der Waals surface area (Å²) < 4.78 is 0. The lowest BCUT2D eigenvalue weighted by molar-refractivity contribution is -0.118. The van der Waals surface area contributed by atoms with Crippen LogP contribution in [0.5, 0.6) is 0 Å². The largest absolute Gasteiger partial charge is 0.355 e. The lowest BCUT2D eigenvalue weighted by atomic mass is 10.0. The van der Waals surface area contributed by atoms with Crippen molar-refractivity contribution in [3.63, 3.8) is 0 Å². The minimum absolute atomic E-state index is 0.0504. The molecule has 0 aliphatic heterocycles. The molecule has 0 saturated carbocycles. The second-order valence-electron chi connectivity index (χ2n) is 5.73. The summed E-state index contributed by atoms with van der Waals surface area (Å²) in [4.78, 5) is 10.9. The fourth-order valence-corrected chi connectivity index (χ4v) is 2.51. The van der Waals surface area contributed by atoms with Crippen molar-refractivity contribution in [2.45, 2.75) is 90.4 Å². The number of halogens is 1. The molecule has 0 bridgehead atoms. The Morgan fingerprint density at radius 1 is 0.750 bits per heavy atom. The normalized spacial score (nSPS) is 10.7. The number of carbonyl (C=O) groups is 1. The molecule has 3 heteroatoms. The number of unbranched alkanes of at least 4 members (excludes halogenated alkanes) is 12. The Kier molecular flexibility index (Phi) is 16.6. The van der Waals surface area contributed by atoms with Crippen molar-refractivity contribution in [1.29, 1.82) is 0 Å². The molecule has 0 aliphatic rings. The molecule has 2 nitrogen and oxygen atoms in total. The van der Waals surface area contributed by atoms with E-state index in [1.807, 2.05) is 0 Å². The minimum atomic E-state index is -0.0504. The van der Waals surface area contributed by atoms with Crippen molar-refractivity contribution in [2.75, 3.05) is 12.4 Å². The maximum Gasteiger partial charge on any atom is 0.234 e. The lowest BCUT2D eigenvalue weighted by Gasteiger charge is -2.04. The third-order valence-corrected chi connectivity index (χ3v) is 3.97. The van der Waals surface area contributed by atoms with Gasteiger partial charge in [0.25, 0.3) is 0 Å². The first kappa shape index (κ1) is 19.8. The molecule has 1 N–H and O–H groups in total. The Hall–Kier alpha value is -0.240. The Balaban J connectivity index is 2.97. The standard InChI is InChI=1S/C17H34ClNO/c1-2-3-4-5-6-7-8-9-10-11-12-13-14-15-19-17(20)16-18/h2-16H2,1H3,(H,19,20). The van der Waals surface area contributed by atoms with Gasteiger partial charge in [0.1, 0.15) is 5.88 Å². The topological polar surface area (TPSA) is 29.1 Å². The van der Waals surface area contributed by atoms with E-state index in [0.717, 1.165) is 13.0 Å². The van der Waals surface area contributed by atoms with Gasteiger partial charge in [-0.1, -0.05) is 84.0 Å². The molecule has 0 spiro atoms. The Morgan fingerprint density at radius 2 is 1.15 bits per heavy atom. The summed E-state index contributed by atoms with van der Waals surface area (Å²) in [5.74, 6) is 0.0314. The number of nitrogens with one attached hydrogen (secondary N) is 1. The van der Waals surface area contributed by atoms with Crippen LogP contribution in [0.1, 0.15) is 90.4 Å². The van der Waals surface area contributed by atoms with Crippen molar-refractivity contribution < 1.29 is 4.79 Å². The molecular formula is C17H34ClNO. The van der Waals surface area contributed by atoms with E-state index in [-0.39, 0.29) is 11.8 Å². The molecule has 120 valence electrons. The van der Waals surface area contributed by atoms with Crippen LogP contribution in [0.25, 0.3) is 0 Å². The Morgan fingerprint density at radius 3 is 1.55 bits per heavy atom. The van der Waals surface area contributed by atoms with Crippen molar-refractivity contribution in [3.05, 3.63) is 0 Å². The van der Waals surface area contributed by atoms with Gasteiger partial charge in [-0.2, -0.15) is 0 Å². The first-order valence-corrected chi connectivity index (χ1v) is 9.17. The quantitative estimate of drug-likeness (QED) is 0.317. The van der Waals surface area contributed by atoms with Crippen molar-refractivity contribution in [3.8, 4) is 0 Å². The summed E-state index contributed by atoms with van der Waals surface area (Å²) in [6.45, 7) is 3.05. The van der Waals surface area contributed by atoms with Gasteiger partial charge in [-0.15, -0.1) is 11.6 Å². The number of amides is 1. The molecule has 0 heterocycles. The van der Waals surface area contributed by atoms with E-state index in [1.165, 1.54) is 77.0 Å². The molecule has 1 amide bonds. The molecule has 0 atom stereocenters. The molecule has 0 fully saturated rings. The highest BCUT2D eigenvalue weighted by molar-refractivity contribution is 6.27. The third kappa shape index (κ3) is 15.8. The molecule has 0 unspecified atom stereocenters. The average Bonchev–Trinajstić information content (AvgIpc) is 2.47. The highest BCUT2D eigenvalue weighted by atomic mass is 35.5. The van der Waals surface area contributed by atoms with E-state index in [0.29, 0.717) is 0 Å². The number of rotatable bonds is 15. The van der Waals surface area contributed by atoms with Gasteiger partial charge in [0.05, 0.1) is 0 Å². The molecule has 0 aromatic heterocycles. The van der Waals surface area contributed by atoms with E-state index in [4.69, 9.17) is 11.6 Å². The van der Waals surface area contributed by atoms with Crippen LogP contribution in [0.4, 0.5) is 0 Å². The van der Waals surface area contributed by atoms with Crippen molar-refractivity contribution >= 4 is 17.5 Å². The summed E-state index contributed by atoms with van der Waals surface area (Å²) >= 11 is 5.40. The molecule has 0 aromatic carbocycles. The number of hydrogen-bond donors (Lipinski definition) is 1. The maximum atomic E-state index is 10.9. The van der Waals surface area contributed by atoms with Gasteiger partial charge in [-0.25, -0.2) is 0 Å². The van der Waals surface area contributed by atoms with Gasteiger partial charge in [0.15, 0.2) is 0 Å². The average molecular weight is 304 g/mol. The van der Waals surface area contributed by atoms with E-state index < -0.39 is 0 Å². The third-order valence-electron chi connectivity index (χ3n) is 3.72. The molecule has 20 heavy (non-hydrogen) atoms. The number of carbonyl (C=O) groups excluding carboxylic acids is 1. The van der Waals surface area contributed by atoms with E-state index in [2.05, 4.69) is 12.2 Å². The van der Waals surface area contributed by atoms with E-state index in [1.54, 1.807) is 0 Å². The van der Waals surface area contributed by atoms with Crippen LogP contribution in [0.15, 0.2) is 0 Å². The smallest absolute Gasteiger partial charge is 0.234 e. The molecule has 0 rings (SSSR count). The van der Waals surface area contributed by atoms with Gasteiger partial charge in [0, 0.05) is 6.54 Å². The van der Waals surface area contributed by atoms with E-state index in [9.17, 15) is 4.79 Å². The van der Waals surface area contributed by atoms with Crippen LogP contribution in [0.3, 0.4) is 0 Å². The predicted molar refractivity (Wildman–Crippen MR) is 89.4 cm³/mol. The van der Waals surface area contributed by atoms with Gasteiger partial charge < -0.3 is 5.32 Å². The van der Waals surface area contributed by atoms with Crippen molar-refractivity contribution in [1.82, 2.24) is 5.32 Å². The second-order valence-corrected chi connectivity index (χ2v) is 5.99. The van der Waals surface area contributed by atoms with Gasteiger partial charge >= 0.3 is 0 Å². The summed E-state index contributed by atoms with van der Waals surface area (Å²) in [7, 11) is 0. The Labute approximate surface area is 131 Å². The van der Waals surface area contributed by atoms with Crippen LogP contribution in [-0.2, 0) is 4.79 Å². The highest BCUT2D eigenvalue weighted by Gasteiger charge is 1.96. The fraction of sp³-hybridized carbons (Fsp3) is 0.941. The van der Waals surface area contributed by atoms with Crippen LogP contribution in [-0.4, -0.2) is 18.3 Å². The fourth-order valence-electron chi connectivity index (χ4n) is 2.42. The molecule has 0 aliphatic carbocycles. The van der Waals surface area contributed by atoms with E-state index >= 15 is 0 Å². The zero-order valence-electron chi connectivity index (χ0n) is 13.4. The number of hydrogen-bond acceptors (Lipinski definition) is 1. The van der Waals surface area contributed by atoms with Crippen LogP contribution in [0, 0.1) is 0 Å². The van der Waals surface area contributed by atoms with Gasteiger partial charge in [0.2, 0.25) is 5.91 Å². The molecule has 0 aromatic rings. The van der Waals surface area contributed by atoms with Gasteiger partial charge in [-0.3, -0.25) is 4.79 Å². The predicted octanol–water partition coefficient (Wildman–Crippen LogP) is 5.43. The summed E-state index contributed by atoms with van der Waals surface area (Å²) in [5, 5.41) is 2.80. The zero-order valence-corrected chi connectivity index (χ0v) is 14.1. The maximum absolute atomic E-state index is 10.9. The summed E-state index contributed by atoms with van der Waals surface area (Å²) in [6.07, 6.45) is 17.6. The minimum Gasteiger partial charge on any atom is -0.355 e. The SMILES string of the molecule is CCCCCCCCCCCCCCCNC(=O)CCl. The van der Waals surface area contributed by atoms with Gasteiger partial charge in [-0.05, 0) is 6.42 Å². The lowest BCUT2D eigenvalue weighted by Crippen LogP contribution is -2.25. The molecule has 0 saturated heterocycles. The zero-order chi connectivity index (χ0) is 14.9. The second kappa shape index (κ2) is 16.8. The van der Waals surface area contributed by atoms with Crippen LogP contribution in [0.2, 0.25) is 0 Å². The van der Waals surface area contributed by atoms with Crippen molar-refractivity contribution in [2.24, 2.45) is 0 Å². The highest BCUT2D eigenvalue weighted by Crippen LogP contribution is 2.12. The summed E-state index contributed by atoms with van der Waals surface area (Å²) in [5.41, 5.74) is 0. The monoisotopic (exact) mass is 303 g/mol. The van der Waals surface area contributed by atoms with Crippen LogP contribution < -0.4 is 5.32 Å². The Bertz CT molecular complexity index is 209. The van der Waals surface area contributed by atoms with Crippen LogP contribution >= 0.6 is 11.6 Å². The first-order chi connectivity index (χ1) is 9.81.